The average molecular weight is 545 g/mol. The molecule has 12 heteroatoms. The first-order valence-corrected chi connectivity index (χ1v) is 12.7. The largest absolute Gasteiger partial charge is 0.494 e. The molecule has 0 radical (unpaired) electrons. The lowest BCUT2D eigenvalue weighted by Crippen LogP contribution is -2.36. The number of halogens is 2. The van der Waals surface area contributed by atoms with Gasteiger partial charge in [-0.1, -0.05) is 11.6 Å². The van der Waals surface area contributed by atoms with Crippen molar-refractivity contribution in [3.8, 4) is 5.75 Å². The minimum absolute atomic E-state index is 0.0993. The summed E-state index contributed by atoms with van der Waals surface area (Å²) in [5.74, 6) is 0.332. The van der Waals surface area contributed by atoms with Gasteiger partial charge in [0.1, 0.15) is 17.9 Å². The number of nitrogens with one attached hydrogen (secondary N) is 2. The van der Waals surface area contributed by atoms with Crippen LogP contribution in [0.3, 0.4) is 0 Å². The van der Waals surface area contributed by atoms with Crippen LogP contribution >= 0.6 is 11.6 Å². The molecule has 0 saturated carbocycles. The summed E-state index contributed by atoms with van der Waals surface area (Å²) in [6.45, 7) is 5.06. The Morgan fingerprint density at radius 2 is 1.89 bits per heavy atom. The number of rotatable bonds is 9. The van der Waals surface area contributed by atoms with Crippen LogP contribution in [0.4, 0.5) is 39.0 Å². The first-order chi connectivity index (χ1) is 18.0. The van der Waals surface area contributed by atoms with Crippen LogP contribution in [0.1, 0.15) is 32.3 Å². The van der Waals surface area contributed by atoms with Crippen molar-refractivity contribution in [2.75, 3.05) is 55.6 Å². The van der Waals surface area contributed by atoms with E-state index in [-0.39, 0.29) is 16.9 Å². The van der Waals surface area contributed by atoms with Crippen LogP contribution in [-0.4, -0.2) is 65.3 Å². The third kappa shape index (κ3) is 6.17. The van der Waals surface area contributed by atoms with E-state index < -0.39 is 11.4 Å². The molecule has 3 aromatic rings. The van der Waals surface area contributed by atoms with Crippen molar-refractivity contribution >= 4 is 46.2 Å². The van der Waals surface area contributed by atoms with Gasteiger partial charge < -0.3 is 36.0 Å². The summed E-state index contributed by atoms with van der Waals surface area (Å²) in [6, 6.07) is 6.72. The number of nitrogens with two attached hydrogens (primary N) is 1. The van der Waals surface area contributed by atoms with E-state index in [1.165, 1.54) is 24.9 Å². The molecule has 2 heterocycles. The van der Waals surface area contributed by atoms with E-state index in [2.05, 4.69) is 42.4 Å². The number of nitrogens with zero attached hydrogens (tertiary/aromatic N) is 5. The minimum Gasteiger partial charge on any atom is -0.494 e. The maximum absolute atomic E-state index is 14.1. The Balaban J connectivity index is 1.56. The lowest BCUT2D eigenvalue weighted by atomic mass is 9.96. The summed E-state index contributed by atoms with van der Waals surface area (Å²) >= 11 is 5.98. The number of hydrogen-bond acceptors (Lipinski definition) is 10. The second-order valence-electron chi connectivity index (χ2n) is 10.0. The van der Waals surface area contributed by atoms with E-state index in [1.54, 1.807) is 27.0 Å². The van der Waals surface area contributed by atoms with E-state index in [9.17, 15) is 9.50 Å². The van der Waals surface area contributed by atoms with Gasteiger partial charge in [-0.15, -0.1) is 0 Å². The van der Waals surface area contributed by atoms with Crippen molar-refractivity contribution in [1.82, 2.24) is 19.9 Å². The van der Waals surface area contributed by atoms with Crippen LogP contribution in [0.5, 0.6) is 5.75 Å². The predicted octanol–water partition coefficient (Wildman–Crippen LogP) is 4.50. The zero-order chi connectivity index (χ0) is 27.6. The molecule has 0 amide bonds. The van der Waals surface area contributed by atoms with Gasteiger partial charge in [-0.2, -0.15) is 4.98 Å². The van der Waals surface area contributed by atoms with E-state index >= 15 is 0 Å². The Morgan fingerprint density at radius 1 is 1.21 bits per heavy atom. The van der Waals surface area contributed by atoms with Crippen LogP contribution in [0.2, 0.25) is 5.02 Å². The molecule has 4 rings (SSSR count). The minimum atomic E-state index is -1.34. The molecule has 0 aliphatic carbocycles. The highest BCUT2D eigenvalue weighted by molar-refractivity contribution is 6.31. The maximum Gasteiger partial charge on any atom is 0.232 e. The number of hydrogen-bond donors (Lipinski definition) is 4. The molecule has 1 aromatic heterocycles. The van der Waals surface area contributed by atoms with E-state index in [0.717, 1.165) is 25.2 Å². The summed E-state index contributed by atoms with van der Waals surface area (Å²) in [4.78, 5) is 17.3. The summed E-state index contributed by atoms with van der Waals surface area (Å²) in [6.07, 6.45) is 3.68. The molecule has 0 spiro atoms. The van der Waals surface area contributed by atoms with E-state index in [1.807, 2.05) is 13.1 Å². The van der Waals surface area contributed by atoms with Gasteiger partial charge >= 0.3 is 0 Å². The summed E-state index contributed by atoms with van der Waals surface area (Å²) in [5.41, 5.74) is 7.80. The molecule has 0 unspecified atom stereocenters. The quantitative estimate of drug-likeness (QED) is 0.286. The van der Waals surface area contributed by atoms with Crippen molar-refractivity contribution in [3.05, 3.63) is 47.0 Å². The van der Waals surface area contributed by atoms with Crippen molar-refractivity contribution in [1.29, 1.82) is 0 Å². The zero-order valence-corrected chi connectivity index (χ0v) is 23.0. The first kappa shape index (κ1) is 27.6. The Morgan fingerprint density at radius 3 is 2.50 bits per heavy atom. The highest BCUT2D eigenvalue weighted by Crippen LogP contribution is 2.37. The molecule has 1 aliphatic heterocycles. The Bertz CT molecular complexity index is 1300. The fraction of sp³-hybridized carbons (Fsp3) is 0.423. The van der Waals surface area contributed by atoms with Gasteiger partial charge in [0, 0.05) is 37.0 Å². The van der Waals surface area contributed by atoms with Gasteiger partial charge in [0.05, 0.1) is 34.8 Å². The van der Waals surface area contributed by atoms with E-state index in [0.29, 0.717) is 34.4 Å². The Hall–Kier alpha value is -3.41. The second-order valence-corrected chi connectivity index (χ2v) is 10.4. The lowest BCUT2D eigenvalue weighted by Gasteiger charge is -2.28. The average Bonchev–Trinajstić information content (AvgIpc) is 3.25. The van der Waals surface area contributed by atoms with Gasteiger partial charge in [0.2, 0.25) is 11.9 Å². The number of benzene rings is 2. The van der Waals surface area contributed by atoms with Crippen LogP contribution in [0.25, 0.3) is 0 Å². The highest BCUT2D eigenvalue weighted by Gasteiger charge is 2.25. The molecule has 204 valence electrons. The third-order valence-electron chi connectivity index (χ3n) is 6.70. The molecular weight excluding hydrogens is 511 g/mol. The molecular formula is C26H34ClFN8O2. The molecule has 1 atom stereocenters. The topological polar surface area (TPSA) is 125 Å². The second kappa shape index (κ2) is 11.1. The zero-order valence-electron chi connectivity index (χ0n) is 22.2. The SMILES string of the molecule is COc1cc(N(C)C[C@@H]2CCCN2C)c(N)cc1Nc1ncnc(Nc2cc(Cl)c(F)cc2C(C)(C)O)n1. The maximum atomic E-state index is 14.1. The number of likely N-dealkylation sites (N-methyl/N-ethyl adjacent to an activating group) is 2. The molecule has 5 N–H and O–H groups in total. The van der Waals surface area contributed by atoms with Crippen LogP contribution in [0.15, 0.2) is 30.6 Å². The van der Waals surface area contributed by atoms with Crippen LogP contribution in [0, 0.1) is 5.82 Å². The van der Waals surface area contributed by atoms with Gasteiger partial charge in [-0.3, -0.25) is 0 Å². The van der Waals surface area contributed by atoms with Gasteiger partial charge in [0.15, 0.2) is 0 Å². The molecule has 0 bridgehead atoms. The summed E-state index contributed by atoms with van der Waals surface area (Å²) in [5, 5.41) is 16.5. The fourth-order valence-electron chi connectivity index (χ4n) is 4.62. The van der Waals surface area contributed by atoms with Gasteiger partial charge in [0.25, 0.3) is 0 Å². The molecule has 2 aromatic carbocycles. The Labute approximate surface area is 227 Å². The number of ether oxygens (including phenoxy) is 1. The van der Waals surface area contributed by atoms with Gasteiger partial charge in [-0.25, -0.2) is 14.4 Å². The van der Waals surface area contributed by atoms with Gasteiger partial charge in [-0.05, 0) is 58.5 Å². The van der Waals surface area contributed by atoms with Crippen LogP contribution < -0.4 is 26.0 Å². The fourth-order valence-corrected chi connectivity index (χ4v) is 4.79. The highest BCUT2D eigenvalue weighted by atomic mass is 35.5. The molecule has 38 heavy (non-hydrogen) atoms. The number of methoxy groups -OCH3 is 1. The van der Waals surface area contributed by atoms with Crippen LogP contribution in [-0.2, 0) is 5.60 Å². The van der Waals surface area contributed by atoms with Crippen molar-refractivity contribution in [2.24, 2.45) is 0 Å². The molecule has 10 nitrogen and oxygen atoms in total. The number of likely N-dealkylation sites (tertiary alicyclic amines) is 1. The number of aliphatic hydroxyl groups is 1. The number of anilines is 6. The normalized spacial score (nSPS) is 15.9. The summed E-state index contributed by atoms with van der Waals surface area (Å²) in [7, 11) is 5.76. The molecule has 1 saturated heterocycles. The monoisotopic (exact) mass is 544 g/mol. The first-order valence-electron chi connectivity index (χ1n) is 12.3. The third-order valence-corrected chi connectivity index (χ3v) is 6.99. The molecule has 1 fully saturated rings. The smallest absolute Gasteiger partial charge is 0.232 e. The van der Waals surface area contributed by atoms with E-state index in [4.69, 9.17) is 22.1 Å². The number of aromatic nitrogens is 3. The van der Waals surface area contributed by atoms with Crippen molar-refractivity contribution in [3.63, 3.8) is 0 Å². The Kier molecular flexibility index (Phi) is 8.10. The molecule has 1 aliphatic rings. The predicted molar refractivity (Wildman–Crippen MR) is 149 cm³/mol. The van der Waals surface area contributed by atoms with Crippen molar-refractivity contribution < 1.29 is 14.2 Å². The standard InChI is InChI=1S/C26H34ClFN8O2/c1-26(2,37)16-9-18(28)17(27)10-20(16)32-24-30-14-31-25(34-24)33-21-11-19(29)22(12-23(21)38-5)36(4)13-15-7-6-8-35(15)3/h9-12,14-15,37H,6-8,13,29H2,1-5H3,(H2,30,31,32,33,34)/t15-/m0/s1. The number of nitrogen functional groups attached to an aromatic ring is 1. The summed E-state index contributed by atoms with van der Waals surface area (Å²) < 4.78 is 19.7. The van der Waals surface area contributed by atoms with Crippen molar-refractivity contribution in [2.45, 2.75) is 38.3 Å². The lowest BCUT2D eigenvalue weighted by molar-refractivity contribution is 0.0790.